The summed E-state index contributed by atoms with van der Waals surface area (Å²) in [5.41, 5.74) is 0.632. The van der Waals surface area contributed by atoms with Crippen LogP contribution in [0.3, 0.4) is 0 Å². The van der Waals surface area contributed by atoms with Crippen molar-refractivity contribution in [1.82, 2.24) is 4.31 Å². The van der Waals surface area contributed by atoms with Crippen LogP contribution in [0.5, 0.6) is 0 Å². The normalized spacial score (nSPS) is 13.8. The maximum Gasteiger partial charge on any atom is 0.252 e. The van der Waals surface area contributed by atoms with Crippen molar-refractivity contribution in [3.05, 3.63) is 39.4 Å². The summed E-state index contributed by atoms with van der Waals surface area (Å²) in [4.78, 5) is 1.17. The van der Waals surface area contributed by atoms with Crippen LogP contribution in [-0.4, -0.2) is 30.9 Å². The van der Waals surface area contributed by atoms with E-state index in [9.17, 15) is 8.42 Å². The molecule has 0 aliphatic heterocycles. The smallest absolute Gasteiger partial charge is 0.252 e. The molecule has 2 aromatic heterocycles. The highest BCUT2D eigenvalue weighted by Crippen LogP contribution is 2.25. The number of hydrogen-bond donors (Lipinski definition) is 1. The van der Waals surface area contributed by atoms with Gasteiger partial charge in [-0.3, -0.25) is 0 Å². The molecule has 2 aromatic rings. The van der Waals surface area contributed by atoms with E-state index in [1.54, 1.807) is 23.8 Å². The van der Waals surface area contributed by atoms with Crippen molar-refractivity contribution in [3.63, 3.8) is 0 Å². The molecule has 0 amide bonds. The highest BCUT2D eigenvalue weighted by molar-refractivity contribution is 7.91. The number of thiophene rings is 2. The third-order valence-corrected chi connectivity index (χ3v) is 7.48. The maximum absolute atomic E-state index is 12.5. The lowest BCUT2D eigenvalue weighted by atomic mass is 10.2. The molecule has 7 heteroatoms. The van der Waals surface area contributed by atoms with E-state index in [2.05, 4.69) is 0 Å². The van der Waals surface area contributed by atoms with Crippen molar-refractivity contribution >= 4 is 32.7 Å². The van der Waals surface area contributed by atoms with Crippen LogP contribution in [0.25, 0.3) is 0 Å². The number of hydrogen-bond acceptors (Lipinski definition) is 5. The van der Waals surface area contributed by atoms with Crippen LogP contribution < -0.4 is 0 Å². The van der Waals surface area contributed by atoms with Gasteiger partial charge in [0, 0.05) is 18.0 Å². The minimum Gasteiger partial charge on any atom is -0.392 e. The van der Waals surface area contributed by atoms with Crippen molar-refractivity contribution in [2.24, 2.45) is 0 Å². The van der Waals surface area contributed by atoms with Crippen molar-refractivity contribution in [2.75, 3.05) is 7.05 Å². The second-order valence-electron chi connectivity index (χ2n) is 4.59. The highest BCUT2D eigenvalue weighted by atomic mass is 32.2. The summed E-state index contributed by atoms with van der Waals surface area (Å²) in [5, 5.41) is 12.7. The second-order valence-corrected chi connectivity index (χ2v) is 8.75. The molecule has 0 radical (unpaired) electrons. The van der Waals surface area contributed by atoms with Gasteiger partial charge in [0.1, 0.15) is 4.21 Å². The first-order valence-electron chi connectivity index (χ1n) is 6.14. The number of aliphatic hydroxyl groups is 1. The SMILES string of the molecule is CC(Cc1cccs1)N(C)S(=O)(=O)c1cc(CO)cs1. The fraction of sp³-hybridized carbons (Fsp3) is 0.385. The van der Waals surface area contributed by atoms with Crippen LogP contribution in [0.2, 0.25) is 0 Å². The minimum absolute atomic E-state index is 0.113. The molecule has 0 aliphatic carbocycles. The molecule has 0 aromatic carbocycles. The molecular formula is C13H17NO3S3. The molecular weight excluding hydrogens is 314 g/mol. The fourth-order valence-electron chi connectivity index (χ4n) is 1.80. The Hall–Kier alpha value is -0.730. The molecule has 0 aliphatic rings. The second kappa shape index (κ2) is 6.36. The van der Waals surface area contributed by atoms with Crippen molar-refractivity contribution in [2.45, 2.75) is 30.2 Å². The van der Waals surface area contributed by atoms with E-state index in [1.165, 1.54) is 15.2 Å². The van der Waals surface area contributed by atoms with Gasteiger partial charge in [0.05, 0.1) is 6.61 Å². The van der Waals surface area contributed by atoms with Gasteiger partial charge in [-0.25, -0.2) is 8.42 Å². The van der Waals surface area contributed by atoms with E-state index in [4.69, 9.17) is 5.11 Å². The number of sulfonamides is 1. The highest BCUT2D eigenvalue weighted by Gasteiger charge is 2.27. The van der Waals surface area contributed by atoms with E-state index in [1.807, 2.05) is 24.4 Å². The standard InChI is InChI=1S/C13H17NO3S3/c1-10(6-12-4-3-5-18-12)14(2)20(16,17)13-7-11(8-15)9-19-13/h3-5,7,9-10,15H,6,8H2,1-2H3. The number of nitrogens with zero attached hydrogens (tertiary/aromatic N) is 1. The van der Waals surface area contributed by atoms with E-state index < -0.39 is 10.0 Å². The Morgan fingerprint density at radius 3 is 2.70 bits per heavy atom. The van der Waals surface area contributed by atoms with Gasteiger partial charge in [-0.1, -0.05) is 6.07 Å². The molecule has 1 atom stereocenters. The van der Waals surface area contributed by atoms with Gasteiger partial charge >= 0.3 is 0 Å². The van der Waals surface area contributed by atoms with Gasteiger partial charge in [-0.2, -0.15) is 4.31 Å². The van der Waals surface area contributed by atoms with Crippen LogP contribution in [0.15, 0.2) is 33.2 Å². The average Bonchev–Trinajstić information content (AvgIpc) is 3.08. The molecule has 0 fully saturated rings. The molecule has 0 saturated heterocycles. The maximum atomic E-state index is 12.5. The van der Waals surface area contributed by atoms with Crippen LogP contribution >= 0.6 is 22.7 Å². The summed E-state index contributed by atoms with van der Waals surface area (Å²) in [7, 11) is -1.88. The van der Waals surface area contributed by atoms with Gasteiger partial charge in [0.25, 0.3) is 10.0 Å². The molecule has 1 unspecified atom stereocenters. The Morgan fingerprint density at radius 1 is 1.40 bits per heavy atom. The minimum atomic E-state index is -3.49. The zero-order chi connectivity index (χ0) is 14.8. The van der Waals surface area contributed by atoms with Crippen molar-refractivity contribution < 1.29 is 13.5 Å². The summed E-state index contributed by atoms with van der Waals surface area (Å²) in [6.07, 6.45) is 0.700. The lowest BCUT2D eigenvalue weighted by Gasteiger charge is -2.23. The predicted molar refractivity (Wildman–Crippen MR) is 82.7 cm³/mol. The lowest BCUT2D eigenvalue weighted by Crippen LogP contribution is -2.35. The molecule has 0 bridgehead atoms. The van der Waals surface area contributed by atoms with Gasteiger partial charge in [-0.15, -0.1) is 22.7 Å². The summed E-state index contributed by atoms with van der Waals surface area (Å²) >= 11 is 2.78. The Bertz CT molecular complexity index is 646. The molecule has 110 valence electrons. The van der Waals surface area contributed by atoms with Gasteiger partial charge < -0.3 is 5.11 Å². The van der Waals surface area contributed by atoms with Crippen LogP contribution in [-0.2, 0) is 23.1 Å². The average molecular weight is 331 g/mol. The third kappa shape index (κ3) is 3.29. The Labute approximate surface area is 127 Å². The molecule has 0 saturated carbocycles. The van der Waals surface area contributed by atoms with Crippen LogP contribution in [0.4, 0.5) is 0 Å². The lowest BCUT2D eigenvalue weighted by molar-refractivity contribution is 0.282. The largest absolute Gasteiger partial charge is 0.392 e. The van der Waals surface area contributed by atoms with E-state index in [0.29, 0.717) is 12.0 Å². The Balaban J connectivity index is 2.15. The monoisotopic (exact) mass is 331 g/mol. The van der Waals surface area contributed by atoms with E-state index in [0.717, 1.165) is 11.3 Å². The first-order valence-corrected chi connectivity index (χ1v) is 9.33. The molecule has 2 rings (SSSR count). The van der Waals surface area contributed by atoms with Crippen molar-refractivity contribution in [3.8, 4) is 0 Å². The molecule has 2 heterocycles. The molecule has 1 N–H and O–H groups in total. The van der Waals surface area contributed by atoms with E-state index in [-0.39, 0.29) is 16.9 Å². The summed E-state index contributed by atoms with van der Waals surface area (Å²) in [5.74, 6) is 0. The molecule has 0 spiro atoms. The summed E-state index contributed by atoms with van der Waals surface area (Å²) in [6, 6.07) is 5.40. The van der Waals surface area contributed by atoms with Crippen molar-refractivity contribution in [1.29, 1.82) is 0 Å². The Kier molecular flexibility index (Phi) is 4.98. The Morgan fingerprint density at radius 2 is 2.15 bits per heavy atom. The quantitative estimate of drug-likeness (QED) is 0.885. The van der Waals surface area contributed by atoms with Gasteiger partial charge in [0.2, 0.25) is 0 Å². The zero-order valence-electron chi connectivity index (χ0n) is 11.3. The summed E-state index contributed by atoms with van der Waals surface area (Å²) in [6.45, 7) is 1.76. The van der Waals surface area contributed by atoms with Gasteiger partial charge in [-0.05, 0) is 41.8 Å². The number of likely N-dealkylation sites (N-methyl/N-ethyl adjacent to an activating group) is 1. The van der Waals surface area contributed by atoms with Gasteiger partial charge in [0.15, 0.2) is 0 Å². The number of rotatable bonds is 6. The molecule has 20 heavy (non-hydrogen) atoms. The first-order chi connectivity index (χ1) is 9.45. The third-order valence-electron chi connectivity index (χ3n) is 3.14. The first kappa shape index (κ1) is 15.7. The zero-order valence-corrected chi connectivity index (χ0v) is 13.8. The summed E-state index contributed by atoms with van der Waals surface area (Å²) < 4.78 is 26.7. The topological polar surface area (TPSA) is 57.6 Å². The predicted octanol–water partition coefficient (Wildman–Crippen LogP) is 2.55. The number of aliphatic hydroxyl groups excluding tert-OH is 1. The van der Waals surface area contributed by atoms with Crippen LogP contribution in [0.1, 0.15) is 17.4 Å². The molecule has 4 nitrogen and oxygen atoms in total. The van der Waals surface area contributed by atoms with E-state index >= 15 is 0 Å². The van der Waals surface area contributed by atoms with Crippen LogP contribution in [0, 0.1) is 0 Å². The fourth-order valence-corrected chi connectivity index (χ4v) is 5.37.